The summed E-state index contributed by atoms with van der Waals surface area (Å²) < 4.78 is 0. The van der Waals surface area contributed by atoms with Crippen molar-refractivity contribution < 1.29 is 4.79 Å². The van der Waals surface area contributed by atoms with Crippen molar-refractivity contribution in [2.75, 3.05) is 24.2 Å². The number of aromatic nitrogens is 1. The summed E-state index contributed by atoms with van der Waals surface area (Å²) >= 11 is 3.27. The number of nitrogens with zero attached hydrogens (tertiary/aromatic N) is 2. The van der Waals surface area contributed by atoms with Crippen LogP contribution in [-0.2, 0) is 24.1 Å². The van der Waals surface area contributed by atoms with Crippen molar-refractivity contribution in [1.29, 1.82) is 0 Å². The molecular formula is C18H22N4OS2. The Hall–Kier alpha value is -1.86. The van der Waals surface area contributed by atoms with Crippen LogP contribution in [0, 0.1) is 0 Å². The van der Waals surface area contributed by atoms with Crippen molar-refractivity contribution in [3.05, 3.63) is 46.5 Å². The van der Waals surface area contributed by atoms with E-state index in [2.05, 4.69) is 44.9 Å². The number of aliphatic imine (C=N–C) groups is 1. The highest BCUT2D eigenvalue weighted by Gasteiger charge is 2.06. The average molecular weight is 375 g/mol. The molecule has 2 N–H and O–H groups in total. The van der Waals surface area contributed by atoms with E-state index in [4.69, 9.17) is 0 Å². The number of benzene rings is 1. The van der Waals surface area contributed by atoms with Crippen LogP contribution in [0.4, 0.5) is 5.13 Å². The number of thiazole rings is 1. The van der Waals surface area contributed by atoms with Gasteiger partial charge in [-0.3, -0.25) is 9.79 Å². The maximum absolute atomic E-state index is 11.0. The normalized spacial score (nSPS) is 13.6. The largest absolute Gasteiger partial charge is 0.365 e. The summed E-state index contributed by atoms with van der Waals surface area (Å²) in [5.74, 6) is 1.02. The van der Waals surface area contributed by atoms with Gasteiger partial charge >= 0.3 is 0 Å². The van der Waals surface area contributed by atoms with E-state index < -0.39 is 0 Å². The molecular weight excluding hydrogens is 352 g/mol. The number of carbonyl (C=O) groups excluding carboxylic acids is 1. The smallest absolute Gasteiger partial charge is 0.223 e. The van der Waals surface area contributed by atoms with Crippen LogP contribution >= 0.6 is 23.1 Å². The molecule has 1 aromatic heterocycles. The molecule has 0 unspecified atom stereocenters. The number of nitrogens with one attached hydrogen (secondary N) is 2. The molecule has 1 aliphatic heterocycles. The van der Waals surface area contributed by atoms with Gasteiger partial charge < -0.3 is 10.6 Å². The number of hydrogen-bond donors (Lipinski definition) is 2. The van der Waals surface area contributed by atoms with Gasteiger partial charge in [-0.05, 0) is 30.4 Å². The van der Waals surface area contributed by atoms with Gasteiger partial charge in [0, 0.05) is 24.6 Å². The van der Waals surface area contributed by atoms with E-state index >= 15 is 0 Å². The van der Waals surface area contributed by atoms with E-state index in [0.29, 0.717) is 5.13 Å². The molecule has 132 valence electrons. The van der Waals surface area contributed by atoms with E-state index in [0.717, 1.165) is 49.0 Å². The minimum atomic E-state index is -0.0791. The number of thioether (sulfide) groups is 1. The molecule has 0 radical (unpaired) electrons. The SMILES string of the molecule is CC(=O)Nc1nc(CCc2ccc(CCNC3=NCCS3)cc2)cs1. The van der Waals surface area contributed by atoms with Gasteiger partial charge in [-0.25, -0.2) is 4.98 Å². The summed E-state index contributed by atoms with van der Waals surface area (Å²) in [6.45, 7) is 3.36. The lowest BCUT2D eigenvalue weighted by molar-refractivity contribution is -0.114. The van der Waals surface area contributed by atoms with Gasteiger partial charge in [0.1, 0.15) is 0 Å². The van der Waals surface area contributed by atoms with Gasteiger partial charge in [0.05, 0.1) is 12.2 Å². The Balaban J connectivity index is 1.42. The summed E-state index contributed by atoms with van der Waals surface area (Å²) in [5, 5.41) is 9.87. The van der Waals surface area contributed by atoms with Gasteiger partial charge in [-0.1, -0.05) is 36.0 Å². The lowest BCUT2D eigenvalue weighted by atomic mass is 10.0. The number of hydrogen-bond acceptors (Lipinski definition) is 6. The topological polar surface area (TPSA) is 66.4 Å². The predicted molar refractivity (Wildman–Crippen MR) is 107 cm³/mol. The highest BCUT2D eigenvalue weighted by Crippen LogP contribution is 2.17. The van der Waals surface area contributed by atoms with E-state index in [1.54, 1.807) is 11.8 Å². The maximum Gasteiger partial charge on any atom is 0.223 e. The van der Waals surface area contributed by atoms with Crippen LogP contribution in [0.3, 0.4) is 0 Å². The molecule has 25 heavy (non-hydrogen) atoms. The minimum absolute atomic E-state index is 0.0791. The van der Waals surface area contributed by atoms with Crippen molar-refractivity contribution in [2.24, 2.45) is 4.99 Å². The molecule has 0 saturated carbocycles. The van der Waals surface area contributed by atoms with Gasteiger partial charge in [0.15, 0.2) is 10.3 Å². The average Bonchev–Trinajstić information content (AvgIpc) is 3.26. The monoisotopic (exact) mass is 374 g/mol. The van der Waals surface area contributed by atoms with Crippen LogP contribution in [0.2, 0.25) is 0 Å². The first-order chi connectivity index (χ1) is 12.2. The molecule has 0 atom stereocenters. The molecule has 1 aliphatic rings. The van der Waals surface area contributed by atoms with Crippen LogP contribution in [0.5, 0.6) is 0 Å². The van der Waals surface area contributed by atoms with Crippen LogP contribution in [-0.4, -0.2) is 34.9 Å². The lowest BCUT2D eigenvalue weighted by Gasteiger charge is -2.06. The van der Waals surface area contributed by atoms with Crippen molar-refractivity contribution in [3.63, 3.8) is 0 Å². The third-order valence-electron chi connectivity index (χ3n) is 3.80. The predicted octanol–water partition coefficient (Wildman–Crippen LogP) is 3.12. The minimum Gasteiger partial charge on any atom is -0.365 e. The van der Waals surface area contributed by atoms with Gasteiger partial charge in [-0.15, -0.1) is 11.3 Å². The molecule has 7 heteroatoms. The molecule has 2 heterocycles. The third kappa shape index (κ3) is 5.86. The second-order valence-electron chi connectivity index (χ2n) is 5.85. The number of rotatable bonds is 7. The Labute approximate surface area is 156 Å². The molecule has 0 spiro atoms. The molecule has 0 bridgehead atoms. The first kappa shape index (κ1) is 17.9. The highest BCUT2D eigenvalue weighted by atomic mass is 32.2. The fraction of sp³-hybridized carbons (Fsp3) is 0.389. The van der Waals surface area contributed by atoms with Crippen molar-refractivity contribution in [2.45, 2.75) is 26.2 Å². The molecule has 2 aromatic rings. The quantitative estimate of drug-likeness (QED) is 0.781. The Morgan fingerprint density at radius 3 is 2.60 bits per heavy atom. The van der Waals surface area contributed by atoms with Crippen LogP contribution in [0.25, 0.3) is 0 Å². The zero-order chi connectivity index (χ0) is 17.5. The number of amidine groups is 1. The second-order valence-corrected chi connectivity index (χ2v) is 7.80. The first-order valence-electron chi connectivity index (χ1n) is 8.40. The molecule has 1 amide bonds. The van der Waals surface area contributed by atoms with Crippen molar-refractivity contribution >= 4 is 39.3 Å². The highest BCUT2D eigenvalue weighted by molar-refractivity contribution is 8.14. The number of anilines is 1. The molecule has 1 aromatic carbocycles. The zero-order valence-corrected chi connectivity index (χ0v) is 15.9. The van der Waals surface area contributed by atoms with Crippen LogP contribution < -0.4 is 10.6 Å². The van der Waals surface area contributed by atoms with Crippen LogP contribution in [0.1, 0.15) is 23.7 Å². The van der Waals surface area contributed by atoms with E-state index in [1.807, 2.05) is 5.38 Å². The fourth-order valence-electron chi connectivity index (χ4n) is 2.53. The summed E-state index contributed by atoms with van der Waals surface area (Å²) in [7, 11) is 0. The van der Waals surface area contributed by atoms with Gasteiger partial charge in [-0.2, -0.15) is 0 Å². The van der Waals surface area contributed by atoms with Crippen LogP contribution in [0.15, 0.2) is 34.6 Å². The summed E-state index contributed by atoms with van der Waals surface area (Å²) in [6.07, 6.45) is 2.84. The Kier molecular flexibility index (Phi) is 6.47. The Morgan fingerprint density at radius 2 is 1.92 bits per heavy atom. The van der Waals surface area contributed by atoms with E-state index in [-0.39, 0.29) is 5.91 Å². The van der Waals surface area contributed by atoms with E-state index in [9.17, 15) is 4.79 Å². The summed E-state index contributed by atoms with van der Waals surface area (Å²) in [5.41, 5.74) is 3.67. The Morgan fingerprint density at radius 1 is 1.16 bits per heavy atom. The molecule has 0 fully saturated rings. The lowest BCUT2D eigenvalue weighted by Crippen LogP contribution is -2.21. The second kappa shape index (κ2) is 9.01. The number of aryl methyl sites for hydroxylation is 2. The van der Waals surface area contributed by atoms with E-state index in [1.165, 1.54) is 29.4 Å². The Bertz CT molecular complexity index is 740. The van der Waals surface area contributed by atoms with Crippen molar-refractivity contribution in [3.8, 4) is 0 Å². The molecule has 3 rings (SSSR count). The third-order valence-corrected chi connectivity index (χ3v) is 5.54. The maximum atomic E-state index is 11.0. The standard InChI is InChI=1S/C18H22N4OS2/c1-13(23)21-18-22-16(12-25-18)7-6-14-2-4-15(5-3-14)8-9-19-17-20-10-11-24-17/h2-5,12H,6-11H2,1H3,(H,19,20)(H,21,22,23). The fourth-order valence-corrected chi connectivity index (χ4v) is 4.08. The van der Waals surface area contributed by atoms with Crippen molar-refractivity contribution in [1.82, 2.24) is 10.3 Å². The summed E-state index contributed by atoms with van der Waals surface area (Å²) in [6, 6.07) is 8.78. The molecule has 0 saturated heterocycles. The first-order valence-corrected chi connectivity index (χ1v) is 10.3. The van der Waals surface area contributed by atoms with Gasteiger partial charge in [0.25, 0.3) is 0 Å². The number of amides is 1. The molecule has 0 aliphatic carbocycles. The number of carbonyl (C=O) groups is 1. The summed E-state index contributed by atoms with van der Waals surface area (Å²) in [4.78, 5) is 19.8. The van der Waals surface area contributed by atoms with Gasteiger partial charge in [0.2, 0.25) is 5.91 Å². The molecule has 5 nitrogen and oxygen atoms in total. The zero-order valence-electron chi connectivity index (χ0n) is 14.2.